The van der Waals surface area contributed by atoms with E-state index >= 15 is 0 Å². The maximum absolute atomic E-state index is 11.1. The van der Waals surface area contributed by atoms with E-state index in [-0.39, 0.29) is 11.3 Å². The van der Waals surface area contributed by atoms with E-state index in [4.69, 9.17) is 9.47 Å². The van der Waals surface area contributed by atoms with Crippen molar-refractivity contribution in [2.75, 3.05) is 32.2 Å². The summed E-state index contributed by atoms with van der Waals surface area (Å²) in [6, 6.07) is 6.64. The predicted molar refractivity (Wildman–Crippen MR) is 91.4 cm³/mol. The third kappa shape index (κ3) is 3.32. The van der Waals surface area contributed by atoms with Gasteiger partial charge in [0.1, 0.15) is 0 Å². The molecular formula is C17H21N3O4. The molecule has 24 heavy (non-hydrogen) atoms. The molecule has 0 saturated carbocycles. The van der Waals surface area contributed by atoms with E-state index in [1.807, 2.05) is 13.0 Å². The van der Waals surface area contributed by atoms with Gasteiger partial charge in [0, 0.05) is 68.6 Å². The first-order valence-corrected chi connectivity index (χ1v) is 7.96. The minimum atomic E-state index is -0.391. The first-order valence-electron chi connectivity index (χ1n) is 7.96. The maximum Gasteiger partial charge on any atom is 0.270 e. The van der Waals surface area contributed by atoms with Crippen molar-refractivity contribution in [1.82, 2.24) is 4.98 Å². The second-order valence-electron chi connectivity index (χ2n) is 6.12. The van der Waals surface area contributed by atoms with Gasteiger partial charge in [-0.2, -0.15) is 0 Å². The van der Waals surface area contributed by atoms with Gasteiger partial charge in [0.2, 0.25) is 0 Å². The van der Waals surface area contributed by atoms with Gasteiger partial charge in [-0.25, -0.2) is 0 Å². The quantitative estimate of drug-likeness (QED) is 0.669. The van der Waals surface area contributed by atoms with Crippen molar-refractivity contribution in [3.63, 3.8) is 0 Å². The Labute approximate surface area is 140 Å². The molecule has 1 aliphatic rings. The highest BCUT2D eigenvalue weighted by atomic mass is 16.6. The van der Waals surface area contributed by atoms with Crippen LogP contribution in [0.1, 0.15) is 18.5 Å². The summed E-state index contributed by atoms with van der Waals surface area (Å²) < 4.78 is 11.2. The third-order valence-electron chi connectivity index (χ3n) is 4.57. The minimum Gasteiger partial charge on any atom is -0.382 e. The molecule has 1 fully saturated rings. The molecule has 1 aromatic heterocycles. The Hall–Kier alpha value is -2.25. The van der Waals surface area contributed by atoms with Gasteiger partial charge in [-0.05, 0) is 19.1 Å². The number of nitrogens with zero attached hydrogens (tertiary/aromatic N) is 2. The average molecular weight is 331 g/mol. The number of aryl methyl sites for hydroxylation is 1. The molecule has 2 heterocycles. The molecule has 2 aromatic rings. The molecule has 1 N–H and O–H groups in total. The monoisotopic (exact) mass is 331 g/mol. The molecule has 1 aliphatic heterocycles. The molecular weight excluding hydrogens is 310 g/mol. The fraction of sp³-hybridized carbons (Fsp3) is 0.471. The second kappa shape index (κ2) is 6.70. The summed E-state index contributed by atoms with van der Waals surface area (Å²) in [7, 11) is 1.72. The number of non-ortho nitro benzene ring substituents is 1. The average Bonchev–Trinajstić information content (AvgIpc) is 2.60. The van der Waals surface area contributed by atoms with Crippen molar-refractivity contribution in [2.45, 2.75) is 25.4 Å². The highest BCUT2D eigenvalue weighted by Crippen LogP contribution is 2.30. The molecule has 0 amide bonds. The molecule has 7 heteroatoms. The van der Waals surface area contributed by atoms with Crippen LogP contribution in [0.3, 0.4) is 0 Å². The van der Waals surface area contributed by atoms with Crippen LogP contribution in [0, 0.1) is 17.0 Å². The van der Waals surface area contributed by atoms with E-state index in [0.717, 1.165) is 35.1 Å². The number of ether oxygens (including phenoxy) is 2. The van der Waals surface area contributed by atoms with Crippen LogP contribution in [-0.4, -0.2) is 42.4 Å². The van der Waals surface area contributed by atoms with Crippen molar-refractivity contribution < 1.29 is 14.4 Å². The number of nitro benzene ring substituents is 1. The zero-order valence-corrected chi connectivity index (χ0v) is 13.9. The largest absolute Gasteiger partial charge is 0.382 e. The first-order chi connectivity index (χ1) is 11.5. The third-order valence-corrected chi connectivity index (χ3v) is 4.57. The van der Waals surface area contributed by atoms with Gasteiger partial charge in [0.05, 0.1) is 16.0 Å². The van der Waals surface area contributed by atoms with Gasteiger partial charge in [-0.1, -0.05) is 0 Å². The van der Waals surface area contributed by atoms with Crippen molar-refractivity contribution in [2.24, 2.45) is 0 Å². The number of rotatable bonds is 5. The number of nitro groups is 1. The van der Waals surface area contributed by atoms with Gasteiger partial charge >= 0.3 is 0 Å². The molecule has 0 unspecified atom stereocenters. The Balaban J connectivity index is 1.92. The zero-order chi connectivity index (χ0) is 17.2. The van der Waals surface area contributed by atoms with Crippen LogP contribution in [0.2, 0.25) is 0 Å². The van der Waals surface area contributed by atoms with Crippen molar-refractivity contribution >= 4 is 22.3 Å². The molecule has 7 nitrogen and oxygen atoms in total. The standard InChI is InChI=1S/C17H21N3O4/c1-12-9-16(18-11-17(23-2)5-7-24-8-6-17)14-10-13(20(21)22)3-4-15(14)19-12/h3-4,9-10H,5-8,11H2,1-2H3,(H,18,19). The molecule has 0 aliphatic carbocycles. The highest BCUT2D eigenvalue weighted by Gasteiger charge is 2.32. The van der Waals surface area contributed by atoms with E-state index in [1.54, 1.807) is 19.2 Å². The van der Waals surface area contributed by atoms with E-state index in [9.17, 15) is 10.1 Å². The molecule has 0 radical (unpaired) electrons. The second-order valence-corrected chi connectivity index (χ2v) is 6.12. The number of benzene rings is 1. The van der Waals surface area contributed by atoms with Crippen LogP contribution in [0.5, 0.6) is 0 Å². The molecule has 128 valence electrons. The maximum atomic E-state index is 11.1. The summed E-state index contributed by atoms with van der Waals surface area (Å²) in [5.74, 6) is 0. The Morgan fingerprint density at radius 1 is 1.38 bits per heavy atom. The number of aromatic nitrogens is 1. The summed E-state index contributed by atoms with van der Waals surface area (Å²) in [6.07, 6.45) is 1.64. The van der Waals surface area contributed by atoms with Crippen LogP contribution < -0.4 is 5.32 Å². The van der Waals surface area contributed by atoms with Crippen molar-refractivity contribution in [3.8, 4) is 0 Å². The van der Waals surface area contributed by atoms with Crippen LogP contribution >= 0.6 is 0 Å². The molecule has 1 saturated heterocycles. The number of hydrogen-bond donors (Lipinski definition) is 1. The van der Waals surface area contributed by atoms with Crippen LogP contribution in [0.25, 0.3) is 10.9 Å². The Kier molecular flexibility index (Phi) is 4.64. The van der Waals surface area contributed by atoms with Crippen LogP contribution in [-0.2, 0) is 9.47 Å². The fourth-order valence-electron chi connectivity index (χ4n) is 3.06. The van der Waals surface area contributed by atoms with Crippen molar-refractivity contribution in [3.05, 3.63) is 40.1 Å². The minimum absolute atomic E-state index is 0.0590. The topological polar surface area (TPSA) is 86.5 Å². The SMILES string of the molecule is COC1(CNc2cc(C)nc3ccc([N+](=O)[O-])cc23)CCOCC1. The highest BCUT2D eigenvalue weighted by molar-refractivity contribution is 5.93. The zero-order valence-electron chi connectivity index (χ0n) is 13.9. The summed E-state index contributed by atoms with van der Waals surface area (Å²) in [5.41, 5.74) is 2.22. The van der Waals surface area contributed by atoms with Crippen molar-refractivity contribution in [1.29, 1.82) is 0 Å². The molecule has 0 bridgehead atoms. The number of anilines is 1. The van der Waals surface area contributed by atoms with Gasteiger partial charge in [0.15, 0.2) is 0 Å². The number of hydrogen-bond acceptors (Lipinski definition) is 6. The molecule has 1 aromatic carbocycles. The summed E-state index contributed by atoms with van der Waals surface area (Å²) in [4.78, 5) is 15.1. The predicted octanol–water partition coefficient (Wildman–Crippen LogP) is 3.06. The lowest BCUT2D eigenvalue weighted by Gasteiger charge is -2.36. The lowest BCUT2D eigenvalue weighted by Crippen LogP contribution is -2.44. The summed E-state index contributed by atoms with van der Waals surface area (Å²) in [5, 5.41) is 15.2. The molecule has 0 atom stereocenters. The lowest BCUT2D eigenvalue weighted by molar-refractivity contribution is -0.384. The van der Waals surface area contributed by atoms with E-state index in [2.05, 4.69) is 10.3 Å². The van der Waals surface area contributed by atoms with Crippen LogP contribution in [0.4, 0.5) is 11.4 Å². The number of pyridine rings is 1. The molecule has 3 rings (SSSR count). The van der Waals surface area contributed by atoms with E-state index in [0.29, 0.717) is 19.8 Å². The smallest absolute Gasteiger partial charge is 0.270 e. The Morgan fingerprint density at radius 3 is 2.79 bits per heavy atom. The Bertz CT molecular complexity index is 757. The summed E-state index contributed by atoms with van der Waals surface area (Å²) in [6.45, 7) is 3.88. The van der Waals surface area contributed by atoms with E-state index < -0.39 is 4.92 Å². The first kappa shape index (κ1) is 16.6. The lowest BCUT2D eigenvalue weighted by atomic mass is 9.94. The number of fused-ring (bicyclic) bond motifs is 1. The normalized spacial score (nSPS) is 16.9. The summed E-state index contributed by atoms with van der Waals surface area (Å²) >= 11 is 0. The Morgan fingerprint density at radius 2 is 2.12 bits per heavy atom. The van der Waals surface area contributed by atoms with Crippen LogP contribution in [0.15, 0.2) is 24.3 Å². The van der Waals surface area contributed by atoms with Gasteiger partial charge < -0.3 is 14.8 Å². The fourth-order valence-corrected chi connectivity index (χ4v) is 3.06. The van der Waals surface area contributed by atoms with Gasteiger partial charge in [-0.15, -0.1) is 0 Å². The van der Waals surface area contributed by atoms with E-state index in [1.165, 1.54) is 6.07 Å². The van der Waals surface area contributed by atoms with Gasteiger partial charge in [-0.3, -0.25) is 15.1 Å². The number of nitrogens with one attached hydrogen (secondary N) is 1. The molecule has 0 spiro atoms. The number of methoxy groups -OCH3 is 1. The van der Waals surface area contributed by atoms with Gasteiger partial charge in [0.25, 0.3) is 5.69 Å².